The normalized spacial score (nSPS) is 16.0. The van der Waals surface area contributed by atoms with E-state index in [-0.39, 0.29) is 55.1 Å². The van der Waals surface area contributed by atoms with Gasteiger partial charge >= 0.3 is 0 Å². The van der Waals surface area contributed by atoms with Crippen LogP contribution in [0.4, 0.5) is 0 Å². The number of nitrogens with zero attached hydrogens (tertiary/aromatic N) is 4. The number of hydrogen-bond donors (Lipinski definition) is 0. The van der Waals surface area contributed by atoms with Crippen LogP contribution in [0.15, 0.2) is 166 Å². The van der Waals surface area contributed by atoms with Gasteiger partial charge in [-0.25, -0.2) is 4.98 Å². The molecule has 0 radical (unpaired) electrons. The number of aromatic nitrogens is 4. The SMILES string of the molecule is [2H]c1c([2H])c([2H])c(-c2nc(-c3ccc4c(c3)oc3cccc(-c5ccccc5)c34)nc(-n3c4c([2H])c([2H])c([2H])c([2H])c4c4c([2H])c([2H])c5oc6c([2H])c([2H])c([2H])c([2H])c6c5c43)n2)c([2H])c1[2H]. The van der Waals surface area contributed by atoms with E-state index < -0.39 is 108 Å². The quantitative estimate of drug-likeness (QED) is 0.186. The number of benzene rings is 7. The Morgan fingerprint density at radius 1 is 0.471 bits per heavy atom. The second kappa shape index (κ2) is 10.7. The first-order valence-corrected chi connectivity index (χ1v) is 15.7. The van der Waals surface area contributed by atoms with Crippen molar-refractivity contribution < 1.29 is 29.4 Å². The first-order valence-electron chi connectivity index (χ1n) is 23.2. The summed E-state index contributed by atoms with van der Waals surface area (Å²) in [6.45, 7) is 0. The van der Waals surface area contributed by atoms with Crippen molar-refractivity contribution in [3.8, 4) is 39.9 Å². The predicted octanol–water partition coefficient (Wildman–Crippen LogP) is 11.8. The molecule has 11 aromatic rings. The van der Waals surface area contributed by atoms with E-state index in [0.29, 0.717) is 11.2 Å². The average molecular weight is 670 g/mol. The number of furan rings is 2. The van der Waals surface area contributed by atoms with Crippen LogP contribution in [-0.4, -0.2) is 19.5 Å². The summed E-state index contributed by atoms with van der Waals surface area (Å²) in [4.78, 5) is 14.2. The molecule has 6 heteroatoms. The Morgan fingerprint density at radius 3 is 2.12 bits per heavy atom. The lowest BCUT2D eigenvalue weighted by Gasteiger charge is -2.11. The topological polar surface area (TPSA) is 69.9 Å². The molecular formula is C45H26N4O2. The van der Waals surface area contributed by atoms with E-state index in [4.69, 9.17) is 31.6 Å². The third-order valence-electron chi connectivity index (χ3n) is 8.86. The van der Waals surface area contributed by atoms with Crippen LogP contribution in [0.1, 0.15) is 20.6 Å². The van der Waals surface area contributed by atoms with Gasteiger partial charge in [-0.1, -0.05) is 115 Å². The van der Waals surface area contributed by atoms with Gasteiger partial charge in [0.2, 0.25) is 5.95 Å². The van der Waals surface area contributed by atoms with Crippen LogP contribution >= 0.6 is 0 Å². The standard InChI is InChI=1S/C45H26N4O2/c1-3-12-27(13-4-1)30-18-11-21-37-40(30)34-23-22-29(26-39(34)51-37)44-46-43(28-14-5-2-6-15-28)47-45(48-44)49-35-19-9-7-16-31(35)32-24-25-38-41(42(32)49)33-17-8-10-20-36(33)50-38/h1-26H/i2D,5D,6D,7D,8D,9D,10D,14D,15D,16D,17D,19D,20D,24D,25D. The summed E-state index contributed by atoms with van der Waals surface area (Å²) in [7, 11) is 0. The molecule has 0 unspecified atom stereocenters. The highest BCUT2D eigenvalue weighted by molar-refractivity contribution is 6.24. The lowest BCUT2D eigenvalue weighted by Crippen LogP contribution is -2.06. The van der Waals surface area contributed by atoms with Gasteiger partial charge < -0.3 is 8.83 Å². The van der Waals surface area contributed by atoms with Crippen molar-refractivity contribution >= 4 is 65.7 Å². The minimum absolute atomic E-state index is 0.151. The first-order chi connectivity index (χ1) is 31.5. The summed E-state index contributed by atoms with van der Waals surface area (Å²) in [5.74, 6) is -1.05. The van der Waals surface area contributed by atoms with Crippen molar-refractivity contribution in [1.82, 2.24) is 19.5 Å². The maximum Gasteiger partial charge on any atom is 0.238 e. The highest BCUT2D eigenvalue weighted by Crippen LogP contribution is 2.41. The highest BCUT2D eigenvalue weighted by Gasteiger charge is 2.22. The molecule has 51 heavy (non-hydrogen) atoms. The Labute approximate surface area is 311 Å². The predicted molar refractivity (Wildman–Crippen MR) is 205 cm³/mol. The molecule has 0 saturated heterocycles. The third-order valence-corrected chi connectivity index (χ3v) is 8.86. The maximum absolute atomic E-state index is 9.30. The molecule has 0 atom stereocenters. The fourth-order valence-corrected chi connectivity index (χ4v) is 6.70. The smallest absolute Gasteiger partial charge is 0.238 e. The summed E-state index contributed by atoms with van der Waals surface area (Å²) in [5.41, 5.74) is 1.47. The van der Waals surface area contributed by atoms with Crippen LogP contribution in [0.2, 0.25) is 0 Å². The highest BCUT2D eigenvalue weighted by atomic mass is 16.3. The minimum atomic E-state index is -0.699. The van der Waals surface area contributed by atoms with Crippen molar-refractivity contribution in [2.45, 2.75) is 0 Å². The van der Waals surface area contributed by atoms with Crippen LogP contribution in [0, 0.1) is 0 Å². The molecule has 0 saturated carbocycles. The molecule has 0 aliphatic carbocycles. The molecule has 0 fully saturated rings. The molecule has 0 N–H and O–H groups in total. The first kappa shape index (κ1) is 17.1. The molecule has 0 aliphatic rings. The molecule has 0 spiro atoms. The molecule has 4 heterocycles. The molecule has 0 bridgehead atoms. The average Bonchev–Trinajstić information content (AvgIpc) is 4.02. The van der Waals surface area contributed by atoms with Crippen LogP contribution in [-0.2, 0) is 0 Å². The van der Waals surface area contributed by atoms with E-state index in [0.717, 1.165) is 26.5 Å². The van der Waals surface area contributed by atoms with E-state index in [2.05, 4.69) is 9.97 Å². The summed E-state index contributed by atoms with van der Waals surface area (Å²) in [6, 6.07) is 10.9. The summed E-state index contributed by atoms with van der Waals surface area (Å²) >= 11 is 0. The molecule has 238 valence electrons. The molecule has 0 amide bonds. The molecule has 4 aromatic heterocycles. The summed E-state index contributed by atoms with van der Waals surface area (Å²) < 4.78 is 145. The number of para-hydroxylation sites is 2. The van der Waals surface area contributed by atoms with Gasteiger partial charge in [-0.3, -0.25) is 4.57 Å². The Balaban J connectivity index is 1.32. The molecule has 0 aliphatic heterocycles. The number of fused-ring (bicyclic) bond motifs is 10. The van der Waals surface area contributed by atoms with Gasteiger partial charge in [0.1, 0.15) is 22.3 Å². The number of rotatable bonds is 4. The van der Waals surface area contributed by atoms with Crippen molar-refractivity contribution in [2.24, 2.45) is 0 Å². The summed E-state index contributed by atoms with van der Waals surface area (Å²) in [6.07, 6.45) is 0. The van der Waals surface area contributed by atoms with Gasteiger partial charge in [-0.2, -0.15) is 9.97 Å². The Bertz CT molecular complexity index is 3990. The molecular weight excluding hydrogens is 629 g/mol. The van der Waals surface area contributed by atoms with Crippen molar-refractivity contribution in [2.75, 3.05) is 0 Å². The van der Waals surface area contributed by atoms with Gasteiger partial charge in [0.05, 0.1) is 37.0 Å². The van der Waals surface area contributed by atoms with Crippen LogP contribution in [0.5, 0.6) is 0 Å². The largest absolute Gasteiger partial charge is 0.456 e. The molecule has 6 nitrogen and oxygen atoms in total. The Hall–Kier alpha value is -7.05. The summed E-state index contributed by atoms with van der Waals surface area (Å²) in [5, 5.41) is 0.698. The zero-order valence-corrected chi connectivity index (χ0v) is 26.0. The lowest BCUT2D eigenvalue weighted by molar-refractivity contribution is 0.668. The zero-order chi connectivity index (χ0) is 46.5. The van der Waals surface area contributed by atoms with Gasteiger partial charge in [0.25, 0.3) is 0 Å². The van der Waals surface area contributed by atoms with Crippen LogP contribution < -0.4 is 0 Å². The third kappa shape index (κ3) is 4.20. The number of hydrogen-bond acceptors (Lipinski definition) is 5. The molecule has 11 rings (SSSR count). The van der Waals surface area contributed by atoms with Crippen LogP contribution in [0.3, 0.4) is 0 Å². The zero-order valence-electron chi connectivity index (χ0n) is 41.0. The van der Waals surface area contributed by atoms with E-state index in [9.17, 15) is 2.74 Å². The van der Waals surface area contributed by atoms with E-state index in [1.165, 1.54) is 0 Å². The monoisotopic (exact) mass is 669 g/mol. The minimum Gasteiger partial charge on any atom is -0.456 e. The van der Waals surface area contributed by atoms with E-state index in [1.54, 1.807) is 18.2 Å². The Morgan fingerprint density at radius 2 is 1.24 bits per heavy atom. The van der Waals surface area contributed by atoms with E-state index in [1.807, 2.05) is 48.5 Å². The fourth-order valence-electron chi connectivity index (χ4n) is 6.70. The maximum atomic E-state index is 9.30. The van der Waals surface area contributed by atoms with Gasteiger partial charge in [-0.15, -0.1) is 0 Å². The van der Waals surface area contributed by atoms with E-state index >= 15 is 0 Å². The Kier molecular flexibility index (Phi) is 3.59. The second-order valence-electron chi connectivity index (χ2n) is 11.7. The fraction of sp³-hybridized carbons (Fsp3) is 0. The lowest BCUT2D eigenvalue weighted by atomic mass is 9.99. The van der Waals surface area contributed by atoms with Crippen molar-refractivity contribution in [1.29, 1.82) is 0 Å². The van der Waals surface area contributed by atoms with Gasteiger partial charge in [0.15, 0.2) is 11.6 Å². The van der Waals surface area contributed by atoms with Crippen molar-refractivity contribution in [3.05, 3.63) is 157 Å². The molecule has 7 aromatic carbocycles. The second-order valence-corrected chi connectivity index (χ2v) is 11.7. The van der Waals surface area contributed by atoms with Crippen molar-refractivity contribution in [3.63, 3.8) is 0 Å². The van der Waals surface area contributed by atoms with Crippen LogP contribution in [0.25, 0.3) is 106 Å². The van der Waals surface area contributed by atoms with Gasteiger partial charge in [0, 0.05) is 38.1 Å². The van der Waals surface area contributed by atoms with Gasteiger partial charge in [-0.05, 0) is 53.5 Å².